The van der Waals surface area contributed by atoms with Gasteiger partial charge in [-0.1, -0.05) is 24.6 Å². The molecule has 0 radical (unpaired) electrons. The fourth-order valence-corrected chi connectivity index (χ4v) is 4.17. The number of nitrogens with zero attached hydrogens (tertiary/aromatic N) is 2. The van der Waals surface area contributed by atoms with E-state index >= 15 is 0 Å². The molecule has 1 saturated carbocycles. The largest absolute Gasteiger partial charge is 0.349 e. The molecule has 5 nitrogen and oxygen atoms in total. The number of amides is 1. The summed E-state index contributed by atoms with van der Waals surface area (Å²) in [5.74, 6) is 0.817. The topological polar surface area (TPSA) is 64.0 Å². The molecule has 0 unspecified atom stereocenters. The van der Waals surface area contributed by atoms with Crippen molar-refractivity contribution >= 4 is 28.6 Å². The van der Waals surface area contributed by atoms with Crippen molar-refractivity contribution in [3.05, 3.63) is 34.1 Å². The van der Waals surface area contributed by atoms with Gasteiger partial charge in [-0.2, -0.15) is 0 Å². The maximum Gasteiger partial charge on any atom is 0.262 e. The monoisotopic (exact) mass is 315 g/mol. The molecule has 0 saturated heterocycles. The van der Waals surface area contributed by atoms with Crippen LogP contribution in [0.3, 0.4) is 0 Å². The van der Waals surface area contributed by atoms with Crippen molar-refractivity contribution in [1.82, 2.24) is 14.9 Å². The number of carbonyl (C=O) groups excluding carboxylic acids is 1. The fraction of sp³-hybridized carbons (Fsp3) is 0.438. The van der Waals surface area contributed by atoms with E-state index in [9.17, 15) is 9.59 Å². The number of nitrogens with one attached hydrogen (secondary N) is 1. The third-order valence-corrected chi connectivity index (χ3v) is 5.38. The molecule has 2 aliphatic rings. The van der Waals surface area contributed by atoms with Gasteiger partial charge < -0.3 is 5.32 Å². The van der Waals surface area contributed by atoms with E-state index in [-0.39, 0.29) is 17.5 Å². The molecule has 2 aromatic rings. The Bertz CT molecular complexity index is 809. The molecule has 1 amide bonds. The molecule has 1 aromatic carbocycles. The Balaban J connectivity index is 1.70. The second-order valence-electron chi connectivity index (χ2n) is 5.89. The number of rotatable bonds is 2. The lowest BCUT2D eigenvalue weighted by atomic mass is 10.1. The van der Waals surface area contributed by atoms with Crippen molar-refractivity contribution in [2.24, 2.45) is 0 Å². The number of thioether (sulfide) groups is 1. The molecule has 0 bridgehead atoms. The Labute approximate surface area is 132 Å². The van der Waals surface area contributed by atoms with Crippen molar-refractivity contribution in [2.75, 3.05) is 5.75 Å². The first kappa shape index (κ1) is 13.8. The lowest BCUT2D eigenvalue weighted by molar-refractivity contribution is 0.0938. The number of benzene rings is 1. The van der Waals surface area contributed by atoms with Crippen LogP contribution >= 0.6 is 11.8 Å². The van der Waals surface area contributed by atoms with Crippen LogP contribution in [0.1, 0.15) is 36.0 Å². The van der Waals surface area contributed by atoms with Crippen LogP contribution in [-0.2, 0) is 6.54 Å². The van der Waals surface area contributed by atoms with Gasteiger partial charge in [-0.15, -0.1) is 0 Å². The maximum absolute atomic E-state index is 12.4. The fourth-order valence-electron chi connectivity index (χ4n) is 3.22. The lowest BCUT2D eigenvalue weighted by Crippen LogP contribution is -2.32. The summed E-state index contributed by atoms with van der Waals surface area (Å²) in [5.41, 5.74) is 1.19. The summed E-state index contributed by atoms with van der Waals surface area (Å²) in [4.78, 5) is 29.3. The Kier molecular flexibility index (Phi) is 3.41. The molecule has 0 atom stereocenters. The molecule has 4 rings (SSSR count). The van der Waals surface area contributed by atoms with Crippen molar-refractivity contribution < 1.29 is 4.79 Å². The Morgan fingerprint density at radius 3 is 2.95 bits per heavy atom. The van der Waals surface area contributed by atoms with Gasteiger partial charge in [0.1, 0.15) is 0 Å². The van der Waals surface area contributed by atoms with Crippen LogP contribution in [0.15, 0.2) is 28.2 Å². The first-order chi connectivity index (χ1) is 10.7. The Morgan fingerprint density at radius 1 is 1.32 bits per heavy atom. The van der Waals surface area contributed by atoms with Crippen LogP contribution in [0, 0.1) is 0 Å². The molecule has 1 aliphatic carbocycles. The zero-order chi connectivity index (χ0) is 15.1. The van der Waals surface area contributed by atoms with Crippen LogP contribution in [0.5, 0.6) is 0 Å². The summed E-state index contributed by atoms with van der Waals surface area (Å²) in [5, 5.41) is 4.41. The van der Waals surface area contributed by atoms with Gasteiger partial charge in [0, 0.05) is 23.9 Å². The normalized spacial score (nSPS) is 17.8. The van der Waals surface area contributed by atoms with Crippen molar-refractivity contribution in [3.8, 4) is 0 Å². The van der Waals surface area contributed by atoms with Crippen LogP contribution < -0.4 is 10.9 Å². The number of hydrogen-bond acceptors (Lipinski definition) is 4. The molecule has 1 N–H and O–H groups in total. The molecule has 6 heteroatoms. The van der Waals surface area contributed by atoms with E-state index in [4.69, 9.17) is 0 Å². The summed E-state index contributed by atoms with van der Waals surface area (Å²) in [6, 6.07) is 5.48. The molecule has 2 heterocycles. The summed E-state index contributed by atoms with van der Waals surface area (Å²) >= 11 is 1.59. The summed E-state index contributed by atoms with van der Waals surface area (Å²) in [6.45, 7) is 0.714. The van der Waals surface area contributed by atoms with Crippen LogP contribution in [0.4, 0.5) is 0 Å². The van der Waals surface area contributed by atoms with E-state index in [1.165, 1.54) is 12.8 Å². The summed E-state index contributed by atoms with van der Waals surface area (Å²) in [6.07, 6.45) is 4.49. The van der Waals surface area contributed by atoms with Crippen LogP contribution in [-0.4, -0.2) is 27.3 Å². The highest BCUT2D eigenvalue weighted by atomic mass is 32.2. The van der Waals surface area contributed by atoms with Gasteiger partial charge in [0.15, 0.2) is 5.16 Å². The maximum atomic E-state index is 12.4. The van der Waals surface area contributed by atoms with E-state index in [2.05, 4.69) is 10.3 Å². The van der Waals surface area contributed by atoms with E-state index in [0.717, 1.165) is 23.8 Å². The SMILES string of the molecule is O=C(NC1CCCC1)c1ccc2c(=O)n3c(nc2c1)SCC3. The number of fused-ring (bicyclic) bond motifs is 2. The van der Waals surface area contributed by atoms with Crippen LogP contribution in [0.25, 0.3) is 10.9 Å². The minimum absolute atomic E-state index is 0.00671. The van der Waals surface area contributed by atoms with Gasteiger partial charge in [0.05, 0.1) is 10.9 Å². The molecule has 1 fully saturated rings. The van der Waals surface area contributed by atoms with Gasteiger partial charge in [0.2, 0.25) is 0 Å². The quantitative estimate of drug-likeness (QED) is 0.863. The summed E-state index contributed by atoms with van der Waals surface area (Å²) in [7, 11) is 0. The highest BCUT2D eigenvalue weighted by Gasteiger charge is 2.20. The van der Waals surface area contributed by atoms with Crippen molar-refractivity contribution in [1.29, 1.82) is 0 Å². The minimum atomic E-state index is -0.0659. The summed E-state index contributed by atoms with van der Waals surface area (Å²) < 4.78 is 1.71. The smallest absolute Gasteiger partial charge is 0.262 e. The predicted molar refractivity (Wildman–Crippen MR) is 86.4 cm³/mol. The third kappa shape index (κ3) is 2.31. The van der Waals surface area contributed by atoms with Crippen LogP contribution in [0.2, 0.25) is 0 Å². The highest BCUT2D eigenvalue weighted by Crippen LogP contribution is 2.24. The molecule has 0 spiro atoms. The third-order valence-electron chi connectivity index (χ3n) is 4.42. The van der Waals surface area contributed by atoms with E-state index in [1.807, 2.05) is 0 Å². The predicted octanol–water partition coefficient (Wildman–Crippen LogP) is 2.17. The first-order valence-electron chi connectivity index (χ1n) is 7.70. The zero-order valence-electron chi connectivity index (χ0n) is 12.2. The van der Waals surface area contributed by atoms with Gasteiger partial charge in [-0.05, 0) is 31.0 Å². The second kappa shape index (κ2) is 5.43. The zero-order valence-corrected chi connectivity index (χ0v) is 13.0. The number of carbonyl (C=O) groups is 1. The molecule has 1 aromatic heterocycles. The van der Waals surface area contributed by atoms with Crippen molar-refractivity contribution in [3.63, 3.8) is 0 Å². The average Bonchev–Trinajstić information content (AvgIpc) is 3.18. The molecular formula is C16H17N3O2S. The minimum Gasteiger partial charge on any atom is -0.349 e. The van der Waals surface area contributed by atoms with Gasteiger partial charge in [-0.3, -0.25) is 14.2 Å². The van der Waals surface area contributed by atoms with Gasteiger partial charge in [0.25, 0.3) is 11.5 Å². The first-order valence-corrected chi connectivity index (χ1v) is 8.69. The van der Waals surface area contributed by atoms with Gasteiger partial charge >= 0.3 is 0 Å². The van der Waals surface area contributed by atoms with E-state index in [1.54, 1.807) is 34.5 Å². The Morgan fingerprint density at radius 2 is 2.14 bits per heavy atom. The number of aromatic nitrogens is 2. The Hall–Kier alpha value is -1.82. The highest BCUT2D eigenvalue weighted by molar-refractivity contribution is 7.99. The molecule has 114 valence electrons. The second-order valence-corrected chi connectivity index (χ2v) is 6.95. The lowest BCUT2D eigenvalue weighted by Gasteiger charge is -2.12. The van der Waals surface area contributed by atoms with Crippen molar-refractivity contribution in [2.45, 2.75) is 43.4 Å². The van der Waals surface area contributed by atoms with Gasteiger partial charge in [-0.25, -0.2) is 4.98 Å². The number of hydrogen-bond donors (Lipinski definition) is 1. The van der Waals surface area contributed by atoms with E-state index < -0.39 is 0 Å². The molecule has 22 heavy (non-hydrogen) atoms. The molecule has 1 aliphatic heterocycles. The standard InChI is InChI=1S/C16H17N3O2S/c20-14(17-11-3-1-2-4-11)10-5-6-12-13(9-10)18-16-19(15(12)21)7-8-22-16/h5-6,9,11H,1-4,7-8H2,(H,17,20). The average molecular weight is 315 g/mol. The van der Waals surface area contributed by atoms with E-state index in [0.29, 0.717) is 23.0 Å². The molecular weight excluding hydrogens is 298 g/mol.